The van der Waals surface area contributed by atoms with Crippen LogP contribution in [0.2, 0.25) is 0 Å². The second-order valence-corrected chi connectivity index (χ2v) is 6.64. The minimum absolute atomic E-state index is 0. The summed E-state index contributed by atoms with van der Waals surface area (Å²) in [7, 11) is 1.60. The molecule has 158 valence electrons. The SMILES string of the molecule is COc1ccc(C(CC(=O)N(CCN)CCc2ccccc2)NC(C)=O)cc1.Cl. The van der Waals surface area contributed by atoms with Crippen LogP contribution in [0.4, 0.5) is 0 Å². The van der Waals surface area contributed by atoms with Gasteiger partial charge in [-0.05, 0) is 29.7 Å². The third-order valence-corrected chi connectivity index (χ3v) is 4.54. The van der Waals surface area contributed by atoms with Crippen molar-refractivity contribution in [1.29, 1.82) is 0 Å². The predicted molar refractivity (Wildman–Crippen MR) is 117 cm³/mol. The summed E-state index contributed by atoms with van der Waals surface area (Å²) < 4.78 is 5.18. The topological polar surface area (TPSA) is 84.7 Å². The quantitative estimate of drug-likeness (QED) is 0.620. The molecule has 0 aliphatic carbocycles. The molecule has 2 rings (SSSR count). The van der Waals surface area contributed by atoms with Gasteiger partial charge in [-0.15, -0.1) is 12.4 Å². The molecule has 0 heterocycles. The van der Waals surface area contributed by atoms with Gasteiger partial charge in [-0.2, -0.15) is 0 Å². The number of ether oxygens (including phenoxy) is 1. The molecule has 0 saturated carbocycles. The van der Waals surface area contributed by atoms with E-state index in [1.165, 1.54) is 12.5 Å². The number of nitrogens with one attached hydrogen (secondary N) is 1. The number of benzene rings is 2. The molecule has 6 nitrogen and oxygen atoms in total. The lowest BCUT2D eigenvalue weighted by atomic mass is 10.0. The van der Waals surface area contributed by atoms with Crippen LogP contribution in [0.3, 0.4) is 0 Å². The minimum atomic E-state index is -0.395. The van der Waals surface area contributed by atoms with Gasteiger partial charge < -0.3 is 20.7 Å². The average molecular weight is 420 g/mol. The lowest BCUT2D eigenvalue weighted by Crippen LogP contribution is -2.39. The van der Waals surface area contributed by atoms with E-state index in [0.717, 1.165) is 17.7 Å². The Bertz CT molecular complexity index is 754. The number of hydrogen-bond donors (Lipinski definition) is 2. The first-order valence-corrected chi connectivity index (χ1v) is 9.46. The highest BCUT2D eigenvalue weighted by Crippen LogP contribution is 2.21. The summed E-state index contributed by atoms with van der Waals surface area (Å²) in [5.41, 5.74) is 7.75. The Hall–Kier alpha value is -2.57. The molecular weight excluding hydrogens is 390 g/mol. The first-order chi connectivity index (χ1) is 13.5. The van der Waals surface area contributed by atoms with Crippen LogP contribution in [-0.4, -0.2) is 43.5 Å². The Labute approximate surface area is 178 Å². The van der Waals surface area contributed by atoms with Crippen molar-refractivity contribution >= 4 is 24.2 Å². The smallest absolute Gasteiger partial charge is 0.225 e. The summed E-state index contributed by atoms with van der Waals surface area (Å²) in [6.45, 7) is 2.93. The maximum atomic E-state index is 12.9. The van der Waals surface area contributed by atoms with Gasteiger partial charge in [-0.25, -0.2) is 0 Å². The van der Waals surface area contributed by atoms with Crippen LogP contribution in [0.25, 0.3) is 0 Å². The Balaban J connectivity index is 0.00000420. The van der Waals surface area contributed by atoms with Gasteiger partial charge in [0.15, 0.2) is 0 Å². The number of halogens is 1. The summed E-state index contributed by atoms with van der Waals surface area (Å²) in [5, 5.41) is 2.88. The molecule has 2 amide bonds. The van der Waals surface area contributed by atoms with Crippen molar-refractivity contribution in [3.8, 4) is 5.75 Å². The van der Waals surface area contributed by atoms with Crippen molar-refractivity contribution in [3.63, 3.8) is 0 Å². The van der Waals surface area contributed by atoms with Crippen molar-refractivity contribution in [2.75, 3.05) is 26.7 Å². The van der Waals surface area contributed by atoms with Crippen molar-refractivity contribution in [2.45, 2.75) is 25.8 Å². The first kappa shape index (κ1) is 24.5. The largest absolute Gasteiger partial charge is 0.497 e. The molecule has 0 spiro atoms. The highest BCUT2D eigenvalue weighted by molar-refractivity contribution is 5.85. The van der Waals surface area contributed by atoms with Gasteiger partial charge in [-0.3, -0.25) is 9.59 Å². The number of rotatable bonds is 10. The summed E-state index contributed by atoms with van der Waals surface area (Å²) >= 11 is 0. The van der Waals surface area contributed by atoms with Crippen LogP contribution in [0.5, 0.6) is 5.75 Å². The maximum Gasteiger partial charge on any atom is 0.225 e. The summed E-state index contributed by atoms with van der Waals surface area (Å²) in [6, 6.07) is 17.0. The summed E-state index contributed by atoms with van der Waals surface area (Å²) in [5.74, 6) is 0.517. The molecule has 0 saturated heterocycles. The molecule has 0 bridgehead atoms. The van der Waals surface area contributed by atoms with Gasteiger partial charge in [0.1, 0.15) is 5.75 Å². The Morgan fingerprint density at radius 1 is 1.07 bits per heavy atom. The number of hydrogen-bond acceptors (Lipinski definition) is 4. The Kier molecular flexibility index (Phi) is 10.8. The zero-order chi connectivity index (χ0) is 20.4. The number of nitrogens with zero attached hydrogens (tertiary/aromatic N) is 1. The van der Waals surface area contributed by atoms with Crippen molar-refractivity contribution in [2.24, 2.45) is 5.73 Å². The highest BCUT2D eigenvalue weighted by Gasteiger charge is 2.21. The molecule has 2 aromatic rings. The highest BCUT2D eigenvalue weighted by atomic mass is 35.5. The number of carbonyl (C=O) groups excluding carboxylic acids is 2. The van der Waals surface area contributed by atoms with Crippen LogP contribution < -0.4 is 15.8 Å². The first-order valence-electron chi connectivity index (χ1n) is 9.46. The molecule has 0 aliphatic heterocycles. The van der Waals surface area contributed by atoms with Crippen LogP contribution in [-0.2, 0) is 16.0 Å². The van der Waals surface area contributed by atoms with E-state index in [9.17, 15) is 9.59 Å². The molecule has 29 heavy (non-hydrogen) atoms. The van der Waals surface area contributed by atoms with E-state index < -0.39 is 6.04 Å². The lowest BCUT2D eigenvalue weighted by molar-refractivity contribution is -0.132. The predicted octanol–water partition coefficient (Wildman–Crippen LogP) is 2.71. The van der Waals surface area contributed by atoms with Gasteiger partial charge in [0, 0.05) is 26.6 Å². The van der Waals surface area contributed by atoms with Crippen molar-refractivity contribution in [3.05, 3.63) is 65.7 Å². The van der Waals surface area contributed by atoms with E-state index in [-0.39, 0.29) is 30.6 Å². The molecule has 7 heteroatoms. The molecule has 0 radical (unpaired) electrons. The molecule has 1 atom stereocenters. The summed E-state index contributed by atoms with van der Waals surface area (Å²) in [6.07, 6.45) is 0.945. The van der Waals surface area contributed by atoms with E-state index >= 15 is 0 Å². The number of nitrogens with two attached hydrogens (primary N) is 1. The fraction of sp³-hybridized carbons (Fsp3) is 0.364. The summed E-state index contributed by atoms with van der Waals surface area (Å²) in [4.78, 5) is 26.4. The van der Waals surface area contributed by atoms with Crippen LogP contribution in [0.1, 0.15) is 30.5 Å². The fourth-order valence-corrected chi connectivity index (χ4v) is 3.06. The Morgan fingerprint density at radius 3 is 2.28 bits per heavy atom. The van der Waals surface area contributed by atoms with E-state index in [1.54, 1.807) is 12.0 Å². The van der Waals surface area contributed by atoms with Crippen LogP contribution in [0, 0.1) is 0 Å². The molecule has 2 aromatic carbocycles. The number of amides is 2. The molecule has 0 aliphatic rings. The van der Waals surface area contributed by atoms with Gasteiger partial charge >= 0.3 is 0 Å². The van der Waals surface area contributed by atoms with Crippen LogP contribution in [0.15, 0.2) is 54.6 Å². The fourth-order valence-electron chi connectivity index (χ4n) is 3.06. The minimum Gasteiger partial charge on any atom is -0.497 e. The standard InChI is InChI=1S/C22H29N3O3.ClH/c1-17(26)24-21(19-8-10-20(28-2)11-9-19)16-22(27)25(15-13-23)14-12-18-6-4-3-5-7-18;/h3-11,21H,12-16,23H2,1-2H3,(H,24,26);1H. The number of methoxy groups -OCH3 is 1. The van der Waals surface area contributed by atoms with Gasteiger partial charge in [0.05, 0.1) is 19.6 Å². The third-order valence-electron chi connectivity index (χ3n) is 4.54. The third kappa shape index (κ3) is 8.13. The maximum absolute atomic E-state index is 12.9. The molecule has 1 unspecified atom stereocenters. The molecule has 0 aromatic heterocycles. The number of carbonyl (C=O) groups is 2. The van der Waals surface area contributed by atoms with E-state index in [1.807, 2.05) is 54.6 Å². The van der Waals surface area contributed by atoms with E-state index in [2.05, 4.69) is 5.32 Å². The molecule has 3 N–H and O–H groups in total. The lowest BCUT2D eigenvalue weighted by Gasteiger charge is -2.25. The second kappa shape index (κ2) is 12.8. The zero-order valence-electron chi connectivity index (χ0n) is 17.0. The van der Waals surface area contributed by atoms with Crippen molar-refractivity contribution < 1.29 is 14.3 Å². The van der Waals surface area contributed by atoms with Gasteiger partial charge in [-0.1, -0.05) is 42.5 Å². The van der Waals surface area contributed by atoms with Gasteiger partial charge in [0.25, 0.3) is 0 Å². The van der Waals surface area contributed by atoms with E-state index in [0.29, 0.717) is 19.6 Å². The molecule has 0 fully saturated rings. The molecular formula is C22H30ClN3O3. The van der Waals surface area contributed by atoms with Crippen molar-refractivity contribution in [1.82, 2.24) is 10.2 Å². The van der Waals surface area contributed by atoms with Crippen LogP contribution >= 0.6 is 12.4 Å². The average Bonchev–Trinajstić information content (AvgIpc) is 2.71. The zero-order valence-corrected chi connectivity index (χ0v) is 17.8. The van der Waals surface area contributed by atoms with Gasteiger partial charge in [0.2, 0.25) is 11.8 Å². The monoisotopic (exact) mass is 419 g/mol. The normalized spacial score (nSPS) is 11.1. The second-order valence-electron chi connectivity index (χ2n) is 6.64. The Morgan fingerprint density at radius 2 is 1.72 bits per heavy atom. The van der Waals surface area contributed by atoms with E-state index in [4.69, 9.17) is 10.5 Å².